The van der Waals surface area contributed by atoms with E-state index in [1.165, 1.54) is 23.5 Å². The Balaban J connectivity index is 1.54. The second kappa shape index (κ2) is 7.13. The first-order valence-corrected chi connectivity index (χ1v) is 9.46. The summed E-state index contributed by atoms with van der Waals surface area (Å²) in [5, 5.41) is 3.51. The van der Waals surface area contributed by atoms with Crippen molar-refractivity contribution >= 4 is 27.5 Å². The van der Waals surface area contributed by atoms with Gasteiger partial charge in [0.25, 0.3) is 5.91 Å². The van der Waals surface area contributed by atoms with Crippen LogP contribution in [0.15, 0.2) is 48.5 Å². The third-order valence-electron chi connectivity index (χ3n) is 4.98. The Hall–Kier alpha value is -2.31. The normalized spacial score (nSPS) is 16.5. The fourth-order valence-electron chi connectivity index (χ4n) is 3.43. The smallest absolute Gasteiger partial charge is 0.280 e. The minimum atomic E-state index is -0.255. The van der Waals surface area contributed by atoms with Gasteiger partial charge in [-0.1, -0.05) is 24.3 Å². The van der Waals surface area contributed by atoms with Gasteiger partial charge in [-0.2, -0.15) is 0 Å². The predicted octanol–water partition coefficient (Wildman–Crippen LogP) is 3.91. The first kappa shape index (κ1) is 17.1. The van der Waals surface area contributed by atoms with Gasteiger partial charge in [0, 0.05) is 25.2 Å². The van der Waals surface area contributed by atoms with E-state index < -0.39 is 0 Å². The van der Waals surface area contributed by atoms with Crippen molar-refractivity contribution in [1.82, 2.24) is 10.3 Å². The Morgan fingerprint density at radius 1 is 1.15 bits per heavy atom. The average molecular weight is 370 g/mol. The molecule has 0 saturated carbocycles. The highest BCUT2D eigenvalue weighted by Crippen LogP contribution is 2.34. The number of para-hydroxylation sites is 1. The van der Waals surface area contributed by atoms with Gasteiger partial charge in [0.05, 0.1) is 10.2 Å². The van der Waals surface area contributed by atoms with Crippen molar-refractivity contribution in [1.29, 1.82) is 0 Å². The number of fused-ring (bicyclic) bond motifs is 1. The number of carbonyl (C=O) groups is 1. The van der Waals surface area contributed by atoms with Crippen molar-refractivity contribution in [2.75, 3.05) is 19.8 Å². The Bertz CT molecular complexity index is 884. The van der Waals surface area contributed by atoms with Gasteiger partial charge in [-0.05, 0) is 42.7 Å². The molecule has 2 aromatic carbocycles. The fraction of sp³-hybridized carbons (Fsp3) is 0.300. The Morgan fingerprint density at radius 3 is 2.62 bits per heavy atom. The Morgan fingerprint density at radius 2 is 1.88 bits per heavy atom. The van der Waals surface area contributed by atoms with E-state index >= 15 is 0 Å². The van der Waals surface area contributed by atoms with Crippen LogP contribution in [0.1, 0.15) is 28.2 Å². The fourth-order valence-corrected chi connectivity index (χ4v) is 4.31. The molecular formula is C20H19FN2O2S. The van der Waals surface area contributed by atoms with Crippen LogP contribution in [0.4, 0.5) is 4.39 Å². The molecule has 4 rings (SSSR count). The van der Waals surface area contributed by atoms with Gasteiger partial charge in [0.1, 0.15) is 5.82 Å². The lowest BCUT2D eigenvalue weighted by molar-refractivity contribution is 0.0487. The Labute approximate surface area is 155 Å². The molecule has 0 radical (unpaired) electrons. The summed E-state index contributed by atoms with van der Waals surface area (Å²) >= 11 is 1.39. The number of hydrogen-bond acceptors (Lipinski definition) is 4. The van der Waals surface area contributed by atoms with Crippen LogP contribution in [0.5, 0.6) is 0 Å². The molecule has 0 bridgehead atoms. The monoisotopic (exact) mass is 370 g/mol. The van der Waals surface area contributed by atoms with Gasteiger partial charge in [0.2, 0.25) is 0 Å². The lowest BCUT2D eigenvalue weighted by Gasteiger charge is -2.37. The van der Waals surface area contributed by atoms with Crippen molar-refractivity contribution in [2.45, 2.75) is 18.3 Å². The molecule has 0 unspecified atom stereocenters. The molecule has 1 saturated heterocycles. The first-order chi connectivity index (χ1) is 12.7. The summed E-state index contributed by atoms with van der Waals surface area (Å²) in [5.41, 5.74) is 1.63. The summed E-state index contributed by atoms with van der Waals surface area (Å²) < 4.78 is 19.8. The molecule has 26 heavy (non-hydrogen) atoms. The molecule has 134 valence electrons. The average Bonchev–Trinajstić information content (AvgIpc) is 3.12. The highest BCUT2D eigenvalue weighted by Gasteiger charge is 2.35. The second-order valence-electron chi connectivity index (χ2n) is 6.57. The third-order valence-corrected chi connectivity index (χ3v) is 6.02. The van der Waals surface area contributed by atoms with Crippen LogP contribution in [0.2, 0.25) is 0 Å². The van der Waals surface area contributed by atoms with E-state index in [2.05, 4.69) is 10.3 Å². The van der Waals surface area contributed by atoms with Gasteiger partial charge in [0.15, 0.2) is 5.01 Å². The number of amides is 1. The minimum Gasteiger partial charge on any atom is -0.381 e. The van der Waals surface area contributed by atoms with E-state index in [-0.39, 0.29) is 17.1 Å². The maximum absolute atomic E-state index is 13.3. The largest absolute Gasteiger partial charge is 0.381 e. The molecule has 1 N–H and O–H groups in total. The molecule has 1 amide bonds. The second-order valence-corrected chi connectivity index (χ2v) is 7.60. The molecule has 0 atom stereocenters. The number of thiazole rings is 1. The van der Waals surface area contributed by atoms with Crippen molar-refractivity contribution in [3.05, 3.63) is 64.9 Å². The number of aromatic nitrogens is 1. The Kier molecular flexibility index (Phi) is 4.70. The lowest BCUT2D eigenvalue weighted by Crippen LogP contribution is -2.44. The highest BCUT2D eigenvalue weighted by molar-refractivity contribution is 7.20. The molecule has 1 aliphatic rings. The predicted molar refractivity (Wildman–Crippen MR) is 100 cm³/mol. The molecule has 1 aliphatic heterocycles. The number of nitrogens with zero attached hydrogens (tertiary/aromatic N) is 1. The van der Waals surface area contributed by atoms with Crippen LogP contribution < -0.4 is 5.32 Å². The molecule has 3 aromatic rings. The van der Waals surface area contributed by atoms with E-state index in [0.717, 1.165) is 28.6 Å². The first-order valence-electron chi connectivity index (χ1n) is 8.64. The maximum atomic E-state index is 13.3. The summed E-state index contributed by atoms with van der Waals surface area (Å²) in [4.78, 5) is 17.0. The molecule has 1 aromatic heterocycles. The minimum absolute atomic E-state index is 0.167. The van der Waals surface area contributed by atoms with Gasteiger partial charge < -0.3 is 10.1 Å². The molecule has 4 nitrogen and oxygen atoms in total. The summed E-state index contributed by atoms with van der Waals surface area (Å²) in [6.07, 6.45) is 1.58. The number of carbonyl (C=O) groups excluding carboxylic acids is 1. The number of halogens is 1. The van der Waals surface area contributed by atoms with Crippen molar-refractivity contribution in [2.24, 2.45) is 0 Å². The number of ether oxygens (including phenoxy) is 1. The zero-order valence-electron chi connectivity index (χ0n) is 14.2. The topological polar surface area (TPSA) is 51.2 Å². The molecule has 0 aliphatic carbocycles. The molecule has 6 heteroatoms. The molecule has 1 fully saturated rings. The van der Waals surface area contributed by atoms with E-state index in [0.29, 0.717) is 24.8 Å². The number of nitrogens with one attached hydrogen (secondary N) is 1. The van der Waals surface area contributed by atoms with Crippen molar-refractivity contribution in [3.8, 4) is 0 Å². The van der Waals surface area contributed by atoms with Crippen LogP contribution in [0, 0.1) is 5.82 Å². The SMILES string of the molecule is O=C(NCC1(c2ccc(F)cc2)CCOCC1)c1nc2ccccc2s1. The quantitative estimate of drug-likeness (QED) is 0.757. The highest BCUT2D eigenvalue weighted by atomic mass is 32.1. The van der Waals surface area contributed by atoms with E-state index in [9.17, 15) is 9.18 Å². The van der Waals surface area contributed by atoms with Gasteiger partial charge in [-0.25, -0.2) is 9.37 Å². The zero-order chi connectivity index (χ0) is 18.0. The third kappa shape index (κ3) is 3.34. The van der Waals surface area contributed by atoms with Crippen LogP contribution in [-0.4, -0.2) is 30.6 Å². The standard InChI is InChI=1S/C20H19FN2O2S/c21-15-7-5-14(6-8-15)20(9-11-25-12-10-20)13-22-18(24)19-23-16-3-1-2-4-17(16)26-19/h1-8H,9-13H2,(H,22,24). The molecule has 0 spiro atoms. The number of rotatable bonds is 4. The summed E-state index contributed by atoms with van der Waals surface area (Å²) in [7, 11) is 0. The lowest BCUT2D eigenvalue weighted by atomic mass is 9.74. The molecule has 2 heterocycles. The van der Waals surface area contributed by atoms with Crippen molar-refractivity contribution < 1.29 is 13.9 Å². The van der Waals surface area contributed by atoms with E-state index in [1.54, 1.807) is 0 Å². The van der Waals surface area contributed by atoms with Crippen LogP contribution in [-0.2, 0) is 10.2 Å². The van der Waals surface area contributed by atoms with Gasteiger partial charge in [-0.15, -0.1) is 11.3 Å². The molecular weight excluding hydrogens is 351 g/mol. The van der Waals surface area contributed by atoms with Gasteiger partial charge in [-0.3, -0.25) is 4.79 Å². The zero-order valence-corrected chi connectivity index (χ0v) is 15.0. The number of benzene rings is 2. The number of hydrogen-bond donors (Lipinski definition) is 1. The summed E-state index contributed by atoms with van der Waals surface area (Å²) in [6.45, 7) is 1.75. The van der Waals surface area contributed by atoms with Crippen LogP contribution in [0.3, 0.4) is 0 Å². The summed E-state index contributed by atoms with van der Waals surface area (Å²) in [5.74, 6) is -0.423. The van der Waals surface area contributed by atoms with E-state index in [1.807, 2.05) is 36.4 Å². The van der Waals surface area contributed by atoms with Crippen molar-refractivity contribution in [3.63, 3.8) is 0 Å². The van der Waals surface area contributed by atoms with E-state index in [4.69, 9.17) is 4.74 Å². The van der Waals surface area contributed by atoms with Gasteiger partial charge >= 0.3 is 0 Å². The van der Waals surface area contributed by atoms with Crippen LogP contribution >= 0.6 is 11.3 Å². The summed E-state index contributed by atoms with van der Waals surface area (Å²) in [6, 6.07) is 14.3. The maximum Gasteiger partial charge on any atom is 0.280 e. The van der Waals surface area contributed by atoms with Crippen LogP contribution in [0.25, 0.3) is 10.2 Å².